The Kier molecular flexibility index (Phi) is 6.50. The van der Waals surface area contributed by atoms with Crippen LogP contribution >= 0.6 is 0 Å². The van der Waals surface area contributed by atoms with E-state index in [2.05, 4.69) is 20.8 Å². The number of benzene rings is 3. The van der Waals surface area contributed by atoms with Crippen LogP contribution in [0.3, 0.4) is 0 Å². The summed E-state index contributed by atoms with van der Waals surface area (Å²) in [7, 11) is 0. The number of ether oxygens (including phenoxy) is 1. The number of hydrogen-bond donors (Lipinski definition) is 1. The number of tetrazole rings is 1. The summed E-state index contributed by atoms with van der Waals surface area (Å²) in [4.78, 5) is 13.0. The lowest BCUT2D eigenvalue weighted by molar-refractivity contribution is -0.124. The van der Waals surface area contributed by atoms with Crippen molar-refractivity contribution in [2.24, 2.45) is 0 Å². The minimum absolute atomic E-state index is 0.227. The van der Waals surface area contributed by atoms with Crippen LogP contribution in [-0.4, -0.2) is 26.1 Å². The number of carbonyl (C=O) groups is 1. The smallest absolute Gasteiger partial charge is 0.245 e. The van der Waals surface area contributed by atoms with Crippen LogP contribution in [0.4, 0.5) is 4.39 Å². The van der Waals surface area contributed by atoms with Crippen LogP contribution in [-0.2, 0) is 17.8 Å². The SMILES string of the molecule is Cc1nnnn1C(Cc1ccc(F)cc1)C(=O)NCc1ccc(Oc2ccccc2)cc1. The van der Waals surface area contributed by atoms with Crippen molar-refractivity contribution in [2.75, 3.05) is 0 Å². The first-order chi connectivity index (χ1) is 15.6. The largest absolute Gasteiger partial charge is 0.457 e. The molecule has 0 aliphatic rings. The molecule has 4 rings (SSSR count). The molecular weight excluding hydrogens is 409 g/mol. The Balaban J connectivity index is 1.41. The second kappa shape index (κ2) is 9.82. The van der Waals surface area contributed by atoms with Crippen molar-refractivity contribution in [1.29, 1.82) is 0 Å². The first kappa shape index (κ1) is 21.2. The van der Waals surface area contributed by atoms with Crippen molar-refractivity contribution >= 4 is 5.91 Å². The average Bonchev–Trinajstić information content (AvgIpc) is 3.24. The maximum absolute atomic E-state index is 13.3. The van der Waals surface area contributed by atoms with Gasteiger partial charge in [-0.15, -0.1) is 5.10 Å². The van der Waals surface area contributed by atoms with Gasteiger partial charge in [0.15, 0.2) is 0 Å². The average molecular weight is 431 g/mol. The maximum Gasteiger partial charge on any atom is 0.245 e. The summed E-state index contributed by atoms with van der Waals surface area (Å²) in [6.45, 7) is 2.07. The third-order valence-electron chi connectivity index (χ3n) is 4.97. The summed E-state index contributed by atoms with van der Waals surface area (Å²) >= 11 is 0. The van der Waals surface area contributed by atoms with Crippen LogP contribution in [0.15, 0.2) is 78.9 Å². The number of nitrogens with one attached hydrogen (secondary N) is 1. The van der Waals surface area contributed by atoms with E-state index < -0.39 is 6.04 Å². The molecule has 0 saturated heterocycles. The fraction of sp³-hybridized carbons (Fsp3) is 0.167. The topological polar surface area (TPSA) is 81.9 Å². The summed E-state index contributed by atoms with van der Waals surface area (Å²) in [5, 5.41) is 14.4. The fourth-order valence-electron chi connectivity index (χ4n) is 3.27. The lowest BCUT2D eigenvalue weighted by atomic mass is 10.0. The molecule has 0 aliphatic heterocycles. The predicted octanol–water partition coefficient (Wildman–Crippen LogP) is 4.01. The summed E-state index contributed by atoms with van der Waals surface area (Å²) in [5.74, 6) is 1.44. The van der Waals surface area contributed by atoms with E-state index in [0.29, 0.717) is 24.5 Å². The van der Waals surface area contributed by atoms with Gasteiger partial charge in [-0.05, 0) is 64.9 Å². The second-order valence-electron chi connectivity index (χ2n) is 7.29. The number of para-hydroxylation sites is 1. The van der Waals surface area contributed by atoms with Crippen LogP contribution in [0, 0.1) is 12.7 Å². The van der Waals surface area contributed by atoms with E-state index in [-0.39, 0.29) is 11.7 Å². The van der Waals surface area contributed by atoms with Crippen molar-refractivity contribution in [2.45, 2.75) is 25.9 Å². The van der Waals surface area contributed by atoms with Gasteiger partial charge in [0.2, 0.25) is 5.91 Å². The highest BCUT2D eigenvalue weighted by atomic mass is 19.1. The lowest BCUT2D eigenvalue weighted by Crippen LogP contribution is -2.34. The number of aryl methyl sites for hydroxylation is 1. The molecule has 8 heteroatoms. The van der Waals surface area contributed by atoms with E-state index in [9.17, 15) is 9.18 Å². The number of aromatic nitrogens is 4. The first-order valence-corrected chi connectivity index (χ1v) is 10.2. The van der Waals surface area contributed by atoms with Gasteiger partial charge in [0.25, 0.3) is 0 Å². The molecule has 0 bridgehead atoms. The minimum Gasteiger partial charge on any atom is -0.457 e. The summed E-state index contributed by atoms with van der Waals surface area (Å²) in [5.41, 5.74) is 1.73. The van der Waals surface area contributed by atoms with E-state index in [4.69, 9.17) is 4.74 Å². The van der Waals surface area contributed by atoms with Gasteiger partial charge in [-0.3, -0.25) is 4.79 Å². The van der Waals surface area contributed by atoms with Gasteiger partial charge >= 0.3 is 0 Å². The molecule has 1 aromatic heterocycles. The second-order valence-corrected chi connectivity index (χ2v) is 7.29. The van der Waals surface area contributed by atoms with Crippen LogP contribution in [0.2, 0.25) is 0 Å². The zero-order valence-corrected chi connectivity index (χ0v) is 17.5. The van der Waals surface area contributed by atoms with Gasteiger partial charge in [-0.2, -0.15) is 0 Å². The minimum atomic E-state index is -0.656. The fourth-order valence-corrected chi connectivity index (χ4v) is 3.27. The highest BCUT2D eigenvalue weighted by molar-refractivity contribution is 5.80. The van der Waals surface area contributed by atoms with Gasteiger partial charge < -0.3 is 10.1 Å². The molecule has 1 N–H and O–H groups in total. The van der Waals surface area contributed by atoms with Gasteiger partial charge in [0, 0.05) is 13.0 Å². The van der Waals surface area contributed by atoms with Gasteiger partial charge in [0.1, 0.15) is 29.2 Å². The first-order valence-electron chi connectivity index (χ1n) is 10.2. The molecular formula is C24H22FN5O2. The molecule has 7 nitrogen and oxygen atoms in total. The van der Waals surface area contributed by atoms with E-state index in [1.165, 1.54) is 16.8 Å². The maximum atomic E-state index is 13.3. The Morgan fingerprint density at radius 2 is 1.62 bits per heavy atom. The molecule has 0 radical (unpaired) electrons. The predicted molar refractivity (Wildman–Crippen MR) is 116 cm³/mol. The van der Waals surface area contributed by atoms with E-state index in [1.807, 2.05) is 54.6 Å². The van der Waals surface area contributed by atoms with Crippen LogP contribution in [0.25, 0.3) is 0 Å². The summed E-state index contributed by atoms with van der Waals surface area (Å²) in [6.07, 6.45) is 0.335. The van der Waals surface area contributed by atoms with Crippen molar-refractivity contribution < 1.29 is 13.9 Å². The highest BCUT2D eigenvalue weighted by Crippen LogP contribution is 2.21. The Bertz CT molecular complexity index is 1160. The van der Waals surface area contributed by atoms with Crippen molar-refractivity contribution in [3.8, 4) is 11.5 Å². The molecule has 0 aliphatic carbocycles. The Morgan fingerprint density at radius 3 is 2.28 bits per heavy atom. The Labute approximate surface area is 184 Å². The quantitative estimate of drug-likeness (QED) is 0.456. The monoisotopic (exact) mass is 431 g/mol. The number of carbonyl (C=O) groups excluding carboxylic acids is 1. The summed E-state index contributed by atoms with van der Waals surface area (Å²) < 4.78 is 20.5. The van der Waals surface area contributed by atoms with Gasteiger partial charge in [-0.25, -0.2) is 9.07 Å². The Hall–Kier alpha value is -4.07. The highest BCUT2D eigenvalue weighted by Gasteiger charge is 2.24. The molecule has 1 atom stereocenters. The van der Waals surface area contributed by atoms with Crippen molar-refractivity contribution in [1.82, 2.24) is 25.5 Å². The van der Waals surface area contributed by atoms with E-state index in [0.717, 1.165) is 16.9 Å². The van der Waals surface area contributed by atoms with Crippen LogP contribution in [0.5, 0.6) is 11.5 Å². The Morgan fingerprint density at radius 1 is 0.969 bits per heavy atom. The number of hydrogen-bond acceptors (Lipinski definition) is 5. The number of rotatable bonds is 8. The number of nitrogens with zero attached hydrogens (tertiary/aromatic N) is 4. The molecule has 1 heterocycles. The van der Waals surface area contributed by atoms with Gasteiger partial charge in [-0.1, -0.05) is 42.5 Å². The van der Waals surface area contributed by atoms with Gasteiger partial charge in [0.05, 0.1) is 0 Å². The zero-order valence-electron chi connectivity index (χ0n) is 17.5. The normalized spacial score (nSPS) is 11.7. The molecule has 0 saturated carbocycles. The molecule has 1 amide bonds. The van der Waals surface area contributed by atoms with Crippen LogP contribution < -0.4 is 10.1 Å². The molecule has 4 aromatic rings. The summed E-state index contributed by atoms with van der Waals surface area (Å²) in [6, 6.07) is 22.4. The molecule has 162 valence electrons. The third kappa shape index (κ3) is 5.34. The molecule has 0 spiro atoms. The number of amides is 1. The third-order valence-corrected chi connectivity index (χ3v) is 4.97. The van der Waals surface area contributed by atoms with Crippen molar-refractivity contribution in [3.05, 3.63) is 102 Å². The molecule has 3 aromatic carbocycles. The van der Waals surface area contributed by atoms with E-state index >= 15 is 0 Å². The molecule has 0 fully saturated rings. The molecule has 1 unspecified atom stereocenters. The molecule has 32 heavy (non-hydrogen) atoms. The number of halogens is 1. The van der Waals surface area contributed by atoms with Crippen LogP contribution in [0.1, 0.15) is 23.0 Å². The lowest BCUT2D eigenvalue weighted by Gasteiger charge is -2.18. The van der Waals surface area contributed by atoms with Crippen molar-refractivity contribution in [3.63, 3.8) is 0 Å². The van der Waals surface area contributed by atoms with E-state index in [1.54, 1.807) is 19.1 Å². The standard InChI is InChI=1S/C24H22FN5O2/c1-17-27-28-29-30(17)23(15-18-7-11-20(25)12-8-18)24(31)26-16-19-9-13-22(14-10-19)32-21-5-3-2-4-6-21/h2-14,23H,15-16H2,1H3,(H,26,31). The zero-order chi connectivity index (χ0) is 22.3.